The van der Waals surface area contributed by atoms with E-state index in [1.54, 1.807) is 0 Å². The van der Waals surface area contributed by atoms with Crippen LogP contribution in [0.3, 0.4) is 0 Å². The van der Waals surface area contributed by atoms with E-state index in [9.17, 15) is 5.11 Å². The Morgan fingerprint density at radius 3 is 2.83 bits per heavy atom. The molecule has 0 aliphatic carbocycles. The SMILES string of the molecule is OCC1CCn2cc(-c3ccc(Cl)cc3)nc2C1. The second kappa shape index (κ2) is 4.75. The lowest BCUT2D eigenvalue weighted by Gasteiger charge is -2.20. The molecule has 2 aromatic rings. The van der Waals surface area contributed by atoms with Gasteiger partial charge in [0.25, 0.3) is 0 Å². The topological polar surface area (TPSA) is 38.0 Å². The third-order valence-electron chi connectivity index (χ3n) is 3.51. The van der Waals surface area contributed by atoms with Crippen LogP contribution < -0.4 is 0 Å². The number of aliphatic hydroxyl groups is 1. The van der Waals surface area contributed by atoms with Crippen LogP contribution in [-0.2, 0) is 13.0 Å². The van der Waals surface area contributed by atoms with E-state index >= 15 is 0 Å². The van der Waals surface area contributed by atoms with Crippen LogP contribution in [0.1, 0.15) is 12.2 Å². The second-order valence-electron chi connectivity index (χ2n) is 4.78. The highest BCUT2D eigenvalue weighted by atomic mass is 35.5. The zero-order chi connectivity index (χ0) is 12.5. The minimum Gasteiger partial charge on any atom is -0.396 e. The molecule has 4 heteroatoms. The Hall–Kier alpha value is -1.32. The van der Waals surface area contributed by atoms with Gasteiger partial charge < -0.3 is 9.67 Å². The summed E-state index contributed by atoms with van der Waals surface area (Å²) in [5.74, 6) is 1.43. The molecule has 0 radical (unpaired) electrons. The third kappa shape index (κ3) is 2.16. The maximum absolute atomic E-state index is 9.22. The number of aliphatic hydroxyl groups excluding tert-OH is 1. The van der Waals surface area contributed by atoms with Crippen molar-refractivity contribution in [3.05, 3.63) is 41.3 Å². The van der Waals surface area contributed by atoms with Gasteiger partial charge in [-0.25, -0.2) is 4.98 Å². The summed E-state index contributed by atoms with van der Waals surface area (Å²) in [4.78, 5) is 4.66. The monoisotopic (exact) mass is 262 g/mol. The van der Waals surface area contributed by atoms with Gasteiger partial charge in [-0.2, -0.15) is 0 Å². The second-order valence-corrected chi connectivity index (χ2v) is 5.22. The molecule has 3 rings (SSSR count). The van der Waals surface area contributed by atoms with Gasteiger partial charge in [0.2, 0.25) is 0 Å². The van der Waals surface area contributed by atoms with Crippen LogP contribution >= 0.6 is 11.6 Å². The standard InChI is InChI=1S/C14H15ClN2O/c15-12-3-1-11(2-4-12)13-8-17-6-5-10(9-18)7-14(17)16-13/h1-4,8,10,18H,5-7,9H2. The first kappa shape index (κ1) is 11.8. The predicted molar refractivity (Wildman–Crippen MR) is 71.6 cm³/mol. The van der Waals surface area contributed by atoms with Crippen molar-refractivity contribution in [2.75, 3.05) is 6.61 Å². The molecule has 0 amide bonds. The van der Waals surface area contributed by atoms with Crippen LogP contribution in [0.15, 0.2) is 30.5 Å². The molecule has 1 aliphatic rings. The van der Waals surface area contributed by atoms with E-state index in [1.807, 2.05) is 24.3 Å². The number of imidazole rings is 1. The molecule has 0 fully saturated rings. The van der Waals surface area contributed by atoms with Gasteiger partial charge in [-0.15, -0.1) is 0 Å². The Labute approximate surface area is 111 Å². The normalized spacial score (nSPS) is 18.7. The molecular weight excluding hydrogens is 248 g/mol. The summed E-state index contributed by atoms with van der Waals surface area (Å²) >= 11 is 5.88. The van der Waals surface area contributed by atoms with Crippen molar-refractivity contribution in [2.24, 2.45) is 5.92 Å². The molecule has 1 atom stereocenters. The lowest BCUT2D eigenvalue weighted by atomic mass is 9.99. The van der Waals surface area contributed by atoms with Gasteiger partial charge in [-0.3, -0.25) is 0 Å². The fraction of sp³-hybridized carbons (Fsp3) is 0.357. The van der Waals surface area contributed by atoms with Gasteiger partial charge in [0.15, 0.2) is 0 Å². The minimum atomic E-state index is 0.253. The number of aromatic nitrogens is 2. The predicted octanol–water partition coefficient (Wildman–Crippen LogP) is 2.76. The van der Waals surface area contributed by atoms with E-state index in [-0.39, 0.29) is 6.61 Å². The number of hydrogen-bond donors (Lipinski definition) is 1. The van der Waals surface area contributed by atoms with Crippen LogP contribution in [0.25, 0.3) is 11.3 Å². The number of aryl methyl sites for hydroxylation is 1. The molecule has 1 unspecified atom stereocenters. The quantitative estimate of drug-likeness (QED) is 0.904. The van der Waals surface area contributed by atoms with E-state index in [0.717, 1.165) is 41.5 Å². The van der Waals surface area contributed by atoms with Crippen molar-refractivity contribution in [3.8, 4) is 11.3 Å². The zero-order valence-corrected chi connectivity index (χ0v) is 10.8. The molecule has 18 heavy (non-hydrogen) atoms. The van der Waals surface area contributed by atoms with Gasteiger partial charge in [0.05, 0.1) is 5.69 Å². The van der Waals surface area contributed by atoms with Gasteiger partial charge in [-0.05, 0) is 24.5 Å². The van der Waals surface area contributed by atoms with Gasteiger partial charge in [-0.1, -0.05) is 23.7 Å². The summed E-state index contributed by atoms with van der Waals surface area (Å²) in [6.07, 6.45) is 3.98. The molecule has 1 aromatic carbocycles. The summed E-state index contributed by atoms with van der Waals surface area (Å²) in [5, 5.41) is 9.96. The molecule has 1 aliphatic heterocycles. The first-order valence-electron chi connectivity index (χ1n) is 6.19. The molecule has 1 N–H and O–H groups in total. The average Bonchev–Trinajstić information content (AvgIpc) is 2.82. The molecule has 3 nitrogen and oxygen atoms in total. The first-order chi connectivity index (χ1) is 8.76. The van der Waals surface area contributed by atoms with Crippen molar-refractivity contribution in [1.82, 2.24) is 9.55 Å². The fourth-order valence-electron chi connectivity index (χ4n) is 2.41. The van der Waals surface area contributed by atoms with E-state index in [1.165, 1.54) is 0 Å². The number of hydrogen-bond acceptors (Lipinski definition) is 2. The van der Waals surface area contributed by atoms with Gasteiger partial charge >= 0.3 is 0 Å². The number of benzene rings is 1. The van der Waals surface area contributed by atoms with Crippen LogP contribution in [0.4, 0.5) is 0 Å². The highest BCUT2D eigenvalue weighted by Gasteiger charge is 2.20. The Balaban J connectivity index is 1.91. The first-order valence-corrected chi connectivity index (χ1v) is 6.57. The van der Waals surface area contributed by atoms with Gasteiger partial charge in [0.1, 0.15) is 5.82 Å². The largest absolute Gasteiger partial charge is 0.396 e. The molecule has 0 bridgehead atoms. The lowest BCUT2D eigenvalue weighted by molar-refractivity contribution is 0.199. The van der Waals surface area contributed by atoms with Crippen molar-refractivity contribution in [1.29, 1.82) is 0 Å². The van der Waals surface area contributed by atoms with Crippen molar-refractivity contribution in [3.63, 3.8) is 0 Å². The Kier molecular flexibility index (Phi) is 3.10. The molecule has 94 valence electrons. The van der Waals surface area contributed by atoms with Crippen LogP contribution in [-0.4, -0.2) is 21.3 Å². The maximum Gasteiger partial charge on any atom is 0.109 e. The van der Waals surface area contributed by atoms with E-state index in [0.29, 0.717) is 5.92 Å². The lowest BCUT2D eigenvalue weighted by Crippen LogP contribution is -2.21. The maximum atomic E-state index is 9.22. The Bertz CT molecular complexity index is 547. The molecule has 0 spiro atoms. The molecular formula is C14H15ClN2O. The molecule has 2 heterocycles. The fourth-order valence-corrected chi connectivity index (χ4v) is 2.53. The van der Waals surface area contributed by atoms with Crippen molar-refractivity contribution < 1.29 is 5.11 Å². The number of fused-ring (bicyclic) bond motifs is 1. The van der Waals surface area contributed by atoms with Crippen molar-refractivity contribution in [2.45, 2.75) is 19.4 Å². The van der Waals surface area contributed by atoms with Crippen LogP contribution in [0, 0.1) is 5.92 Å². The van der Waals surface area contributed by atoms with Crippen molar-refractivity contribution >= 4 is 11.6 Å². The summed E-state index contributed by atoms with van der Waals surface area (Å²) in [6.45, 7) is 1.20. The summed E-state index contributed by atoms with van der Waals surface area (Å²) in [6, 6.07) is 7.73. The Morgan fingerprint density at radius 2 is 2.11 bits per heavy atom. The summed E-state index contributed by atoms with van der Waals surface area (Å²) < 4.78 is 2.19. The Morgan fingerprint density at radius 1 is 1.33 bits per heavy atom. The van der Waals surface area contributed by atoms with E-state index in [4.69, 9.17) is 11.6 Å². The number of rotatable bonds is 2. The third-order valence-corrected chi connectivity index (χ3v) is 3.76. The molecule has 1 aromatic heterocycles. The van der Waals surface area contributed by atoms with E-state index < -0.39 is 0 Å². The highest BCUT2D eigenvalue weighted by molar-refractivity contribution is 6.30. The molecule has 0 saturated heterocycles. The minimum absolute atomic E-state index is 0.253. The van der Waals surface area contributed by atoms with E-state index in [2.05, 4.69) is 15.7 Å². The number of nitrogens with zero attached hydrogens (tertiary/aromatic N) is 2. The summed E-state index contributed by atoms with van der Waals surface area (Å²) in [5.41, 5.74) is 2.07. The highest BCUT2D eigenvalue weighted by Crippen LogP contribution is 2.25. The average molecular weight is 263 g/mol. The van der Waals surface area contributed by atoms with Crippen LogP contribution in [0.5, 0.6) is 0 Å². The zero-order valence-electron chi connectivity index (χ0n) is 10.0. The van der Waals surface area contributed by atoms with Crippen LogP contribution in [0.2, 0.25) is 5.02 Å². The smallest absolute Gasteiger partial charge is 0.109 e. The number of halogens is 1. The molecule has 0 saturated carbocycles. The summed E-state index contributed by atoms with van der Waals surface area (Å²) in [7, 11) is 0. The van der Waals surface area contributed by atoms with Gasteiger partial charge in [0, 0.05) is 36.4 Å².